The van der Waals surface area contributed by atoms with E-state index in [0.29, 0.717) is 5.02 Å². The van der Waals surface area contributed by atoms with Crippen LogP contribution in [0, 0.1) is 6.92 Å². The molecule has 0 radical (unpaired) electrons. The van der Waals surface area contributed by atoms with Gasteiger partial charge >= 0.3 is 0 Å². The SMILES string of the molecule is Cc1occc1CN(C)c1ccc(CO)c(Cl)c1. The van der Waals surface area contributed by atoms with Gasteiger partial charge in [0.15, 0.2) is 0 Å². The first-order valence-corrected chi connectivity index (χ1v) is 6.13. The fourth-order valence-corrected chi connectivity index (χ4v) is 2.06. The standard InChI is InChI=1S/C14H16ClNO2/c1-10-11(5-6-18-10)8-16(2)13-4-3-12(9-17)14(15)7-13/h3-7,17H,8-9H2,1-2H3. The highest BCUT2D eigenvalue weighted by Gasteiger charge is 2.08. The van der Waals surface area contributed by atoms with Crippen molar-refractivity contribution in [3.8, 4) is 0 Å². The molecule has 4 heteroatoms. The van der Waals surface area contributed by atoms with Crippen LogP contribution in [0.25, 0.3) is 0 Å². The van der Waals surface area contributed by atoms with Crippen LogP contribution in [-0.2, 0) is 13.2 Å². The van der Waals surface area contributed by atoms with Crippen molar-refractivity contribution in [2.45, 2.75) is 20.1 Å². The molecule has 0 atom stereocenters. The number of furan rings is 1. The third-order valence-corrected chi connectivity index (χ3v) is 3.37. The van der Waals surface area contributed by atoms with E-state index >= 15 is 0 Å². The van der Waals surface area contributed by atoms with Gasteiger partial charge in [-0.25, -0.2) is 0 Å². The van der Waals surface area contributed by atoms with Crippen LogP contribution < -0.4 is 4.90 Å². The molecule has 0 saturated carbocycles. The molecule has 2 rings (SSSR count). The van der Waals surface area contributed by atoms with Crippen molar-refractivity contribution in [1.29, 1.82) is 0 Å². The minimum absolute atomic E-state index is 0.0380. The van der Waals surface area contributed by atoms with E-state index in [-0.39, 0.29) is 6.61 Å². The Hall–Kier alpha value is -1.45. The summed E-state index contributed by atoms with van der Waals surface area (Å²) in [5, 5.41) is 9.67. The van der Waals surface area contributed by atoms with E-state index in [2.05, 4.69) is 4.90 Å². The molecular formula is C14H16ClNO2. The summed E-state index contributed by atoms with van der Waals surface area (Å²) < 4.78 is 5.28. The van der Waals surface area contributed by atoms with Gasteiger partial charge in [-0.15, -0.1) is 0 Å². The van der Waals surface area contributed by atoms with E-state index in [9.17, 15) is 0 Å². The number of anilines is 1. The molecule has 0 spiro atoms. The third-order valence-electron chi connectivity index (χ3n) is 3.02. The van der Waals surface area contributed by atoms with Gasteiger partial charge in [-0.2, -0.15) is 0 Å². The number of hydrogen-bond donors (Lipinski definition) is 1. The maximum atomic E-state index is 9.08. The van der Waals surface area contributed by atoms with Crippen molar-refractivity contribution in [1.82, 2.24) is 0 Å². The quantitative estimate of drug-likeness (QED) is 0.921. The minimum atomic E-state index is -0.0380. The zero-order valence-corrected chi connectivity index (χ0v) is 11.2. The molecule has 18 heavy (non-hydrogen) atoms. The van der Waals surface area contributed by atoms with Gasteiger partial charge in [0.25, 0.3) is 0 Å². The van der Waals surface area contributed by atoms with E-state index < -0.39 is 0 Å². The van der Waals surface area contributed by atoms with Crippen LogP contribution in [0.1, 0.15) is 16.9 Å². The third kappa shape index (κ3) is 2.68. The molecule has 0 aliphatic heterocycles. The largest absolute Gasteiger partial charge is 0.469 e. The topological polar surface area (TPSA) is 36.6 Å². The highest BCUT2D eigenvalue weighted by molar-refractivity contribution is 6.31. The van der Waals surface area contributed by atoms with Gasteiger partial charge in [-0.05, 0) is 30.7 Å². The number of halogens is 1. The normalized spacial score (nSPS) is 10.7. The van der Waals surface area contributed by atoms with Crippen LogP contribution in [0.15, 0.2) is 34.9 Å². The number of aryl methyl sites for hydroxylation is 1. The number of aliphatic hydroxyl groups excluding tert-OH is 1. The lowest BCUT2D eigenvalue weighted by molar-refractivity contribution is 0.282. The molecule has 0 fully saturated rings. The minimum Gasteiger partial charge on any atom is -0.469 e. The fourth-order valence-electron chi connectivity index (χ4n) is 1.82. The van der Waals surface area contributed by atoms with Crippen molar-refractivity contribution < 1.29 is 9.52 Å². The first kappa shape index (κ1) is 13.0. The lowest BCUT2D eigenvalue weighted by atomic mass is 10.2. The Morgan fingerprint density at radius 2 is 2.06 bits per heavy atom. The lowest BCUT2D eigenvalue weighted by Crippen LogP contribution is -2.16. The molecule has 3 nitrogen and oxygen atoms in total. The molecule has 96 valence electrons. The Balaban J connectivity index is 2.16. The molecule has 1 N–H and O–H groups in total. The molecule has 2 aromatic rings. The molecule has 1 aromatic carbocycles. The molecule has 0 saturated heterocycles. The molecular weight excluding hydrogens is 250 g/mol. The molecule has 0 aliphatic rings. The highest BCUT2D eigenvalue weighted by Crippen LogP contribution is 2.24. The van der Waals surface area contributed by atoms with E-state index in [4.69, 9.17) is 21.1 Å². The van der Waals surface area contributed by atoms with Gasteiger partial charge in [-0.1, -0.05) is 17.7 Å². The molecule has 0 unspecified atom stereocenters. The van der Waals surface area contributed by atoms with E-state index in [0.717, 1.165) is 29.1 Å². The Labute approximate surface area is 112 Å². The van der Waals surface area contributed by atoms with Crippen LogP contribution >= 0.6 is 11.6 Å². The molecule has 1 heterocycles. The van der Waals surface area contributed by atoms with Crippen molar-refractivity contribution in [2.24, 2.45) is 0 Å². The molecule has 0 amide bonds. The number of rotatable bonds is 4. The molecule has 0 aliphatic carbocycles. The summed E-state index contributed by atoms with van der Waals surface area (Å²) >= 11 is 6.08. The monoisotopic (exact) mass is 265 g/mol. The Morgan fingerprint density at radius 1 is 1.28 bits per heavy atom. The molecule has 1 aromatic heterocycles. The van der Waals surface area contributed by atoms with Gasteiger partial charge in [0, 0.05) is 29.9 Å². The van der Waals surface area contributed by atoms with Crippen LogP contribution in [-0.4, -0.2) is 12.2 Å². The van der Waals surface area contributed by atoms with Crippen molar-refractivity contribution in [3.63, 3.8) is 0 Å². The summed E-state index contributed by atoms with van der Waals surface area (Å²) in [7, 11) is 2.00. The van der Waals surface area contributed by atoms with Crippen LogP contribution in [0.2, 0.25) is 5.02 Å². The number of aliphatic hydroxyl groups is 1. The number of benzene rings is 1. The second kappa shape index (κ2) is 5.46. The van der Waals surface area contributed by atoms with E-state index in [1.54, 1.807) is 6.26 Å². The van der Waals surface area contributed by atoms with Gasteiger partial charge in [0.2, 0.25) is 0 Å². The second-order valence-electron chi connectivity index (χ2n) is 4.29. The Bertz CT molecular complexity index is 536. The van der Waals surface area contributed by atoms with Gasteiger partial charge in [0.05, 0.1) is 12.9 Å². The summed E-state index contributed by atoms with van der Waals surface area (Å²) in [6, 6.07) is 7.63. The zero-order chi connectivity index (χ0) is 13.1. The summed E-state index contributed by atoms with van der Waals surface area (Å²) in [4.78, 5) is 2.09. The van der Waals surface area contributed by atoms with Gasteiger partial charge in [0.1, 0.15) is 5.76 Å². The summed E-state index contributed by atoms with van der Waals surface area (Å²) in [5.41, 5.74) is 2.91. The van der Waals surface area contributed by atoms with Crippen molar-refractivity contribution in [2.75, 3.05) is 11.9 Å². The van der Waals surface area contributed by atoms with Gasteiger partial charge in [-0.3, -0.25) is 0 Å². The van der Waals surface area contributed by atoms with Crippen molar-refractivity contribution in [3.05, 3.63) is 52.4 Å². The first-order valence-electron chi connectivity index (χ1n) is 5.75. The molecule has 0 bridgehead atoms. The first-order chi connectivity index (χ1) is 8.61. The van der Waals surface area contributed by atoms with Crippen LogP contribution in [0.5, 0.6) is 0 Å². The zero-order valence-electron chi connectivity index (χ0n) is 10.5. The Morgan fingerprint density at radius 3 is 2.61 bits per heavy atom. The summed E-state index contributed by atoms with van der Waals surface area (Å²) in [6.07, 6.45) is 1.69. The predicted molar refractivity (Wildman–Crippen MR) is 72.9 cm³/mol. The lowest BCUT2D eigenvalue weighted by Gasteiger charge is -2.19. The highest BCUT2D eigenvalue weighted by atomic mass is 35.5. The average molecular weight is 266 g/mol. The van der Waals surface area contributed by atoms with E-state index in [1.807, 2.05) is 38.2 Å². The predicted octanol–water partition coefficient (Wildman–Crippen LogP) is 3.37. The summed E-state index contributed by atoms with van der Waals surface area (Å²) in [6.45, 7) is 2.67. The van der Waals surface area contributed by atoms with Crippen molar-refractivity contribution >= 4 is 17.3 Å². The number of nitrogens with zero attached hydrogens (tertiary/aromatic N) is 1. The van der Waals surface area contributed by atoms with E-state index in [1.165, 1.54) is 0 Å². The maximum absolute atomic E-state index is 9.08. The van der Waals surface area contributed by atoms with Gasteiger partial charge < -0.3 is 14.4 Å². The average Bonchev–Trinajstić information content (AvgIpc) is 2.75. The summed E-state index contributed by atoms with van der Waals surface area (Å²) in [5.74, 6) is 0.930. The number of hydrogen-bond acceptors (Lipinski definition) is 3. The van der Waals surface area contributed by atoms with Crippen LogP contribution in [0.4, 0.5) is 5.69 Å². The smallest absolute Gasteiger partial charge is 0.105 e. The second-order valence-corrected chi connectivity index (χ2v) is 4.70. The Kier molecular flexibility index (Phi) is 3.94. The fraction of sp³-hybridized carbons (Fsp3) is 0.286. The van der Waals surface area contributed by atoms with Crippen LogP contribution in [0.3, 0.4) is 0 Å². The maximum Gasteiger partial charge on any atom is 0.105 e.